The number of aromatic nitrogens is 2. The maximum absolute atomic E-state index is 13.8. The van der Waals surface area contributed by atoms with E-state index in [9.17, 15) is 18.5 Å². The van der Waals surface area contributed by atoms with E-state index < -0.39 is 27.2 Å². The standard InChI is InChI=1S/C23H23ClN6O5S/c1-28(13-15-2-4-16(24)5-3-15)22-20-21(26-14-27-22)25-12-18-10-11-35-23(20)29(18)36(33,34)19-8-6-17(7-9-19)30(31)32/h2-9,14,18,23H,10-13H2,1H3,(H,25,26,27)/t18-,23+/m0/s1. The smallest absolute Gasteiger partial charge is 0.269 e. The lowest BCUT2D eigenvalue weighted by molar-refractivity contribution is -0.384. The Labute approximate surface area is 212 Å². The molecule has 0 unspecified atom stereocenters. The molecule has 1 saturated heterocycles. The van der Waals surface area contributed by atoms with Crippen LogP contribution in [0.15, 0.2) is 59.8 Å². The molecular weight excluding hydrogens is 508 g/mol. The van der Waals surface area contributed by atoms with Gasteiger partial charge in [0.2, 0.25) is 10.0 Å². The molecule has 1 N–H and O–H groups in total. The second-order valence-electron chi connectivity index (χ2n) is 8.57. The van der Waals surface area contributed by atoms with E-state index in [0.29, 0.717) is 48.3 Å². The van der Waals surface area contributed by atoms with Crippen LogP contribution in [0.25, 0.3) is 0 Å². The third-order valence-corrected chi connectivity index (χ3v) is 8.41. The largest absolute Gasteiger partial charge is 0.368 e. The number of rotatable bonds is 6. The Balaban J connectivity index is 1.55. The van der Waals surface area contributed by atoms with E-state index >= 15 is 0 Å². The zero-order valence-corrected chi connectivity index (χ0v) is 20.8. The number of sulfonamides is 1. The summed E-state index contributed by atoms with van der Waals surface area (Å²) in [4.78, 5) is 21.2. The second kappa shape index (κ2) is 9.62. The van der Waals surface area contributed by atoms with Crippen LogP contribution in [0.5, 0.6) is 0 Å². The Morgan fingerprint density at radius 1 is 1.19 bits per heavy atom. The fourth-order valence-corrected chi connectivity index (χ4v) is 6.35. The van der Waals surface area contributed by atoms with Gasteiger partial charge in [-0.2, -0.15) is 4.31 Å². The van der Waals surface area contributed by atoms with Gasteiger partial charge in [0.1, 0.15) is 18.0 Å². The monoisotopic (exact) mass is 530 g/mol. The van der Waals surface area contributed by atoms with Crippen molar-refractivity contribution >= 4 is 38.9 Å². The fourth-order valence-electron chi connectivity index (χ4n) is 4.51. The fraction of sp³-hybridized carbons (Fsp3) is 0.304. The highest BCUT2D eigenvalue weighted by Gasteiger charge is 2.46. The van der Waals surface area contributed by atoms with Crippen molar-refractivity contribution in [2.75, 3.05) is 30.4 Å². The molecule has 0 spiro atoms. The van der Waals surface area contributed by atoms with Crippen molar-refractivity contribution in [2.24, 2.45) is 0 Å². The lowest BCUT2D eigenvalue weighted by Crippen LogP contribution is -2.49. The second-order valence-corrected chi connectivity index (χ2v) is 10.9. The van der Waals surface area contributed by atoms with Gasteiger partial charge in [0.15, 0.2) is 6.23 Å². The van der Waals surface area contributed by atoms with Crippen LogP contribution in [0.2, 0.25) is 5.02 Å². The van der Waals surface area contributed by atoms with Crippen LogP contribution in [0.4, 0.5) is 17.3 Å². The number of non-ortho nitro benzene ring substituents is 1. The molecule has 0 radical (unpaired) electrons. The van der Waals surface area contributed by atoms with E-state index in [1.165, 1.54) is 34.9 Å². The van der Waals surface area contributed by atoms with E-state index in [2.05, 4.69) is 15.3 Å². The summed E-state index contributed by atoms with van der Waals surface area (Å²) >= 11 is 6.01. The number of nitro groups is 1. The summed E-state index contributed by atoms with van der Waals surface area (Å²) in [6.07, 6.45) is 0.939. The predicted molar refractivity (Wildman–Crippen MR) is 133 cm³/mol. The molecule has 11 nitrogen and oxygen atoms in total. The van der Waals surface area contributed by atoms with Crippen molar-refractivity contribution in [3.8, 4) is 0 Å². The highest BCUT2D eigenvalue weighted by atomic mass is 35.5. The van der Waals surface area contributed by atoms with Crippen LogP contribution >= 0.6 is 11.6 Å². The van der Waals surface area contributed by atoms with Gasteiger partial charge in [-0.05, 0) is 36.2 Å². The first kappa shape index (κ1) is 24.4. The van der Waals surface area contributed by atoms with Crippen molar-refractivity contribution in [3.05, 3.63) is 81.1 Å². The van der Waals surface area contributed by atoms with Crippen molar-refractivity contribution in [1.29, 1.82) is 0 Å². The number of hydrogen-bond donors (Lipinski definition) is 1. The quantitative estimate of drug-likeness (QED) is 0.375. The first-order chi connectivity index (χ1) is 17.3. The molecule has 2 atom stereocenters. The number of fused-ring (bicyclic) bond motifs is 4. The van der Waals surface area contributed by atoms with Crippen LogP contribution in [0.1, 0.15) is 23.8 Å². The van der Waals surface area contributed by atoms with E-state index in [1.54, 1.807) is 12.1 Å². The predicted octanol–water partition coefficient (Wildman–Crippen LogP) is 3.58. The number of nitro benzene ring substituents is 1. The number of benzene rings is 2. The molecule has 1 aromatic heterocycles. The Morgan fingerprint density at radius 2 is 1.92 bits per heavy atom. The van der Waals surface area contributed by atoms with Crippen LogP contribution in [-0.2, 0) is 21.3 Å². The van der Waals surface area contributed by atoms with Crippen molar-refractivity contribution < 1.29 is 18.1 Å². The number of hydrogen-bond acceptors (Lipinski definition) is 9. The average molecular weight is 531 g/mol. The molecule has 2 aliphatic rings. The molecule has 1 fully saturated rings. The molecule has 13 heteroatoms. The highest BCUT2D eigenvalue weighted by molar-refractivity contribution is 7.89. The van der Waals surface area contributed by atoms with E-state index in [1.807, 2.05) is 24.1 Å². The molecule has 2 aliphatic heterocycles. The summed E-state index contributed by atoms with van der Waals surface area (Å²) in [6, 6.07) is 11.9. The molecule has 5 rings (SSSR count). The third-order valence-electron chi connectivity index (χ3n) is 6.25. The van der Waals surface area contributed by atoms with E-state index in [0.717, 1.165) is 5.56 Å². The summed E-state index contributed by atoms with van der Waals surface area (Å²) < 4.78 is 35.1. The Bertz CT molecular complexity index is 1390. The lowest BCUT2D eigenvalue weighted by Gasteiger charge is -2.39. The van der Waals surface area contributed by atoms with E-state index in [-0.39, 0.29) is 10.6 Å². The van der Waals surface area contributed by atoms with Gasteiger partial charge in [0, 0.05) is 43.3 Å². The molecule has 3 aromatic rings. The molecule has 188 valence electrons. The zero-order chi connectivity index (χ0) is 25.4. The number of nitrogens with one attached hydrogen (secondary N) is 1. The van der Waals surface area contributed by atoms with Crippen LogP contribution in [-0.4, -0.2) is 53.9 Å². The molecule has 3 heterocycles. The minimum Gasteiger partial charge on any atom is -0.368 e. The van der Waals surface area contributed by atoms with Crippen LogP contribution in [0, 0.1) is 10.1 Å². The van der Waals surface area contributed by atoms with Crippen LogP contribution in [0.3, 0.4) is 0 Å². The summed E-state index contributed by atoms with van der Waals surface area (Å²) in [7, 11) is -2.22. The molecule has 2 bridgehead atoms. The number of halogens is 1. The van der Waals surface area contributed by atoms with Gasteiger partial charge in [-0.3, -0.25) is 10.1 Å². The summed E-state index contributed by atoms with van der Waals surface area (Å²) in [6.45, 7) is 1.18. The maximum Gasteiger partial charge on any atom is 0.269 e. The minimum atomic E-state index is -4.08. The molecule has 0 aliphatic carbocycles. The van der Waals surface area contributed by atoms with Crippen molar-refractivity contribution in [2.45, 2.75) is 30.1 Å². The molecule has 0 saturated carbocycles. The summed E-state index contributed by atoms with van der Waals surface area (Å²) in [5.41, 5.74) is 1.32. The van der Waals surface area contributed by atoms with Gasteiger partial charge in [-0.15, -0.1) is 0 Å². The van der Waals surface area contributed by atoms with Gasteiger partial charge in [0.25, 0.3) is 5.69 Å². The van der Waals surface area contributed by atoms with E-state index in [4.69, 9.17) is 16.3 Å². The topological polar surface area (TPSA) is 131 Å². The number of ether oxygens (including phenoxy) is 1. The Hall–Kier alpha value is -3.32. The first-order valence-electron chi connectivity index (χ1n) is 11.2. The molecule has 0 amide bonds. The highest BCUT2D eigenvalue weighted by Crippen LogP contribution is 2.43. The van der Waals surface area contributed by atoms with Crippen molar-refractivity contribution in [1.82, 2.24) is 14.3 Å². The summed E-state index contributed by atoms with van der Waals surface area (Å²) in [5, 5.41) is 15.0. The number of nitrogens with zero attached hydrogens (tertiary/aromatic N) is 5. The Kier molecular flexibility index (Phi) is 6.51. The van der Waals surface area contributed by atoms with Gasteiger partial charge >= 0.3 is 0 Å². The molecule has 36 heavy (non-hydrogen) atoms. The number of anilines is 2. The zero-order valence-electron chi connectivity index (χ0n) is 19.2. The average Bonchev–Trinajstić information content (AvgIpc) is 2.97. The van der Waals surface area contributed by atoms with Gasteiger partial charge in [0.05, 0.1) is 22.0 Å². The van der Waals surface area contributed by atoms with Gasteiger partial charge < -0.3 is 15.0 Å². The maximum atomic E-state index is 13.8. The molecular formula is C23H23ClN6O5S. The minimum absolute atomic E-state index is 0.0510. The first-order valence-corrected chi connectivity index (χ1v) is 13.0. The van der Waals surface area contributed by atoms with Crippen LogP contribution < -0.4 is 10.2 Å². The van der Waals surface area contributed by atoms with Crippen molar-refractivity contribution in [3.63, 3.8) is 0 Å². The lowest BCUT2D eigenvalue weighted by atomic mass is 10.1. The Morgan fingerprint density at radius 3 is 2.61 bits per heavy atom. The van der Waals surface area contributed by atoms with Gasteiger partial charge in [-0.25, -0.2) is 18.4 Å². The summed E-state index contributed by atoms with van der Waals surface area (Å²) in [5.74, 6) is 1.03. The van der Waals surface area contributed by atoms with Gasteiger partial charge in [-0.1, -0.05) is 23.7 Å². The third kappa shape index (κ3) is 4.48. The normalized spacial score (nSPS) is 19.6. The molecule has 2 aromatic carbocycles. The SMILES string of the molecule is CN(Cc1ccc(Cl)cc1)c1ncnc2c1[C@H]1OCC[C@@H](CN2)N1S(=O)(=O)c1ccc([N+](=O)[O-])cc1.